The number of nitrogens with zero attached hydrogens (tertiary/aromatic N) is 1. The zero-order valence-corrected chi connectivity index (χ0v) is 11.2. The Morgan fingerprint density at radius 3 is 2.39 bits per heavy atom. The fourth-order valence-electron chi connectivity index (χ4n) is 2.07. The Morgan fingerprint density at radius 2 is 1.83 bits per heavy atom. The van der Waals surface area contributed by atoms with Crippen molar-refractivity contribution in [2.45, 2.75) is 27.2 Å². The third kappa shape index (κ3) is 2.45. The molecule has 3 nitrogen and oxygen atoms in total. The van der Waals surface area contributed by atoms with Crippen LogP contribution in [0.15, 0.2) is 24.3 Å². The first-order valence-electron chi connectivity index (χ1n) is 6.29. The lowest BCUT2D eigenvalue weighted by Gasteiger charge is -2.35. The largest absolute Gasteiger partial charge is 0.331 e. The Labute approximate surface area is 108 Å². The molecule has 0 bridgehead atoms. The molecule has 0 aliphatic carbocycles. The van der Waals surface area contributed by atoms with Gasteiger partial charge in [0.15, 0.2) is 5.78 Å². The van der Waals surface area contributed by atoms with Crippen molar-refractivity contribution in [1.29, 1.82) is 0 Å². The van der Waals surface area contributed by atoms with Crippen molar-refractivity contribution in [1.82, 2.24) is 4.90 Å². The van der Waals surface area contributed by atoms with Gasteiger partial charge in [0, 0.05) is 17.5 Å². The normalized spacial score (nSPS) is 18.8. The fourth-order valence-corrected chi connectivity index (χ4v) is 2.07. The van der Waals surface area contributed by atoms with Crippen molar-refractivity contribution in [2.24, 2.45) is 5.41 Å². The Balaban J connectivity index is 2.12. The lowest BCUT2D eigenvalue weighted by molar-refractivity contribution is -0.130. The van der Waals surface area contributed by atoms with Gasteiger partial charge in [-0.2, -0.15) is 0 Å². The second-order valence-corrected chi connectivity index (χ2v) is 5.65. The molecule has 18 heavy (non-hydrogen) atoms. The first-order valence-corrected chi connectivity index (χ1v) is 6.29. The Hall–Kier alpha value is -1.64. The summed E-state index contributed by atoms with van der Waals surface area (Å²) in [6, 6.07) is 7.48. The fraction of sp³-hybridized carbons (Fsp3) is 0.467. The van der Waals surface area contributed by atoms with Gasteiger partial charge in [0.05, 0.1) is 6.54 Å². The highest BCUT2D eigenvalue weighted by Gasteiger charge is 2.35. The SMILES string of the molecule is Cc1ccc(C(=O)N2CCC(C)(C)C(=O)C2)cc1. The van der Waals surface area contributed by atoms with Crippen molar-refractivity contribution < 1.29 is 9.59 Å². The second-order valence-electron chi connectivity index (χ2n) is 5.65. The molecule has 1 aliphatic rings. The number of hydrogen-bond donors (Lipinski definition) is 0. The predicted octanol–water partition coefficient (Wildman–Crippen LogP) is 2.44. The van der Waals surface area contributed by atoms with Gasteiger partial charge in [0.1, 0.15) is 0 Å². The van der Waals surface area contributed by atoms with Gasteiger partial charge in [-0.3, -0.25) is 9.59 Å². The zero-order valence-electron chi connectivity index (χ0n) is 11.2. The summed E-state index contributed by atoms with van der Waals surface area (Å²) in [6.45, 7) is 6.78. The molecule has 0 radical (unpaired) electrons. The summed E-state index contributed by atoms with van der Waals surface area (Å²) < 4.78 is 0. The van der Waals surface area contributed by atoms with Crippen LogP contribution in [0, 0.1) is 12.3 Å². The van der Waals surface area contributed by atoms with Gasteiger partial charge >= 0.3 is 0 Å². The summed E-state index contributed by atoms with van der Waals surface area (Å²) >= 11 is 0. The smallest absolute Gasteiger partial charge is 0.254 e. The van der Waals surface area contributed by atoms with Crippen molar-refractivity contribution in [3.63, 3.8) is 0 Å². The number of piperidine rings is 1. The average Bonchev–Trinajstić information content (AvgIpc) is 2.33. The summed E-state index contributed by atoms with van der Waals surface area (Å²) in [4.78, 5) is 25.8. The van der Waals surface area contributed by atoms with Crippen LogP contribution in [0.1, 0.15) is 36.2 Å². The van der Waals surface area contributed by atoms with E-state index in [0.717, 1.165) is 12.0 Å². The van der Waals surface area contributed by atoms with E-state index in [9.17, 15) is 9.59 Å². The molecular weight excluding hydrogens is 226 g/mol. The number of rotatable bonds is 1. The third-order valence-corrected chi connectivity index (χ3v) is 3.68. The highest BCUT2D eigenvalue weighted by molar-refractivity contribution is 5.98. The monoisotopic (exact) mass is 245 g/mol. The molecule has 96 valence electrons. The summed E-state index contributed by atoms with van der Waals surface area (Å²) in [5.74, 6) is 0.105. The van der Waals surface area contributed by atoms with Gasteiger partial charge in [-0.05, 0) is 25.5 Å². The highest BCUT2D eigenvalue weighted by Crippen LogP contribution is 2.27. The number of amides is 1. The van der Waals surface area contributed by atoms with Crippen LogP contribution in [0.25, 0.3) is 0 Å². The second kappa shape index (κ2) is 4.56. The summed E-state index contributed by atoms with van der Waals surface area (Å²) in [7, 11) is 0. The average molecular weight is 245 g/mol. The van der Waals surface area contributed by atoms with E-state index >= 15 is 0 Å². The van der Waals surface area contributed by atoms with Gasteiger partial charge in [-0.25, -0.2) is 0 Å². The lowest BCUT2D eigenvalue weighted by Crippen LogP contribution is -2.47. The topological polar surface area (TPSA) is 37.4 Å². The van der Waals surface area contributed by atoms with E-state index in [1.807, 2.05) is 45.0 Å². The molecular formula is C15H19NO2. The third-order valence-electron chi connectivity index (χ3n) is 3.68. The summed E-state index contributed by atoms with van der Waals surface area (Å²) in [5, 5.41) is 0. The van der Waals surface area contributed by atoms with Crippen LogP contribution in [0.5, 0.6) is 0 Å². The molecule has 1 amide bonds. The maximum atomic E-state index is 12.2. The molecule has 0 saturated carbocycles. The van der Waals surface area contributed by atoms with E-state index in [1.165, 1.54) is 0 Å². The van der Waals surface area contributed by atoms with Crippen molar-refractivity contribution in [3.05, 3.63) is 35.4 Å². The zero-order chi connectivity index (χ0) is 13.3. The van der Waals surface area contributed by atoms with E-state index in [2.05, 4.69) is 0 Å². The van der Waals surface area contributed by atoms with Gasteiger partial charge in [-0.15, -0.1) is 0 Å². The number of hydrogen-bond acceptors (Lipinski definition) is 2. The molecule has 1 aromatic rings. The van der Waals surface area contributed by atoms with Crippen LogP contribution in [0.4, 0.5) is 0 Å². The van der Waals surface area contributed by atoms with Crippen LogP contribution in [0.3, 0.4) is 0 Å². The minimum absolute atomic E-state index is 0.0427. The van der Waals surface area contributed by atoms with Crippen LogP contribution in [0.2, 0.25) is 0 Å². The quantitative estimate of drug-likeness (QED) is 0.762. The summed E-state index contributed by atoms with van der Waals surface area (Å²) in [5.41, 5.74) is 1.50. The molecule has 1 aliphatic heterocycles. The number of likely N-dealkylation sites (tertiary alicyclic amines) is 1. The molecule has 2 rings (SSSR count). The minimum atomic E-state index is -0.288. The number of ketones is 1. The lowest BCUT2D eigenvalue weighted by atomic mass is 9.81. The van der Waals surface area contributed by atoms with Crippen LogP contribution < -0.4 is 0 Å². The maximum absolute atomic E-state index is 12.2. The van der Waals surface area contributed by atoms with Gasteiger partial charge in [0.25, 0.3) is 5.91 Å². The van der Waals surface area contributed by atoms with E-state index in [-0.39, 0.29) is 23.7 Å². The molecule has 0 spiro atoms. The highest BCUT2D eigenvalue weighted by atomic mass is 16.2. The standard InChI is InChI=1S/C15H19NO2/c1-11-4-6-12(7-5-11)14(18)16-9-8-15(2,3)13(17)10-16/h4-7H,8-10H2,1-3H3. The number of aryl methyl sites for hydroxylation is 1. The molecule has 0 atom stereocenters. The number of carbonyl (C=O) groups excluding carboxylic acids is 2. The molecule has 1 heterocycles. The summed E-state index contributed by atoms with van der Waals surface area (Å²) in [6.07, 6.45) is 0.740. The first-order chi connectivity index (χ1) is 8.40. The Morgan fingerprint density at radius 1 is 1.22 bits per heavy atom. The molecule has 3 heteroatoms. The Kier molecular flexibility index (Phi) is 3.24. The van der Waals surface area contributed by atoms with E-state index < -0.39 is 0 Å². The van der Waals surface area contributed by atoms with Crippen LogP contribution >= 0.6 is 0 Å². The number of benzene rings is 1. The molecule has 0 aromatic heterocycles. The predicted molar refractivity (Wildman–Crippen MR) is 70.5 cm³/mol. The van der Waals surface area contributed by atoms with Crippen LogP contribution in [-0.2, 0) is 4.79 Å². The van der Waals surface area contributed by atoms with Gasteiger partial charge < -0.3 is 4.90 Å². The molecule has 1 fully saturated rings. The van der Waals surface area contributed by atoms with Crippen molar-refractivity contribution >= 4 is 11.7 Å². The molecule has 0 N–H and O–H groups in total. The van der Waals surface area contributed by atoms with Crippen molar-refractivity contribution in [3.8, 4) is 0 Å². The van der Waals surface area contributed by atoms with Crippen LogP contribution in [-0.4, -0.2) is 29.7 Å². The van der Waals surface area contributed by atoms with E-state index in [1.54, 1.807) is 4.90 Å². The Bertz CT molecular complexity index is 474. The van der Waals surface area contributed by atoms with Crippen molar-refractivity contribution in [2.75, 3.05) is 13.1 Å². The molecule has 1 saturated heterocycles. The molecule has 0 unspecified atom stereocenters. The van der Waals surface area contributed by atoms with Gasteiger partial charge in [0.2, 0.25) is 0 Å². The number of carbonyl (C=O) groups is 2. The van der Waals surface area contributed by atoms with Gasteiger partial charge in [-0.1, -0.05) is 31.5 Å². The minimum Gasteiger partial charge on any atom is -0.331 e. The molecule has 1 aromatic carbocycles. The van der Waals surface area contributed by atoms with E-state index in [4.69, 9.17) is 0 Å². The van der Waals surface area contributed by atoms with E-state index in [0.29, 0.717) is 12.1 Å². The maximum Gasteiger partial charge on any atom is 0.254 e. The first kappa shape index (κ1) is 12.8. The number of Topliss-reactive ketones (excluding diaryl/α,β-unsaturated/α-hetero) is 1.